The van der Waals surface area contributed by atoms with E-state index in [1.807, 2.05) is 38.1 Å². The third-order valence-electron chi connectivity index (χ3n) is 12.6. The molecule has 8 rings (SSSR count). The lowest BCUT2D eigenvalue weighted by Crippen LogP contribution is -2.54. The molecule has 3 unspecified atom stereocenters. The van der Waals surface area contributed by atoms with Crippen molar-refractivity contribution in [3.05, 3.63) is 70.0 Å². The van der Waals surface area contributed by atoms with Crippen molar-refractivity contribution in [2.24, 2.45) is 10.9 Å². The van der Waals surface area contributed by atoms with Gasteiger partial charge in [0.15, 0.2) is 5.17 Å². The number of fused-ring (bicyclic) bond motifs is 1. The first-order chi connectivity index (χ1) is 29.9. The molecule has 0 spiro atoms. The summed E-state index contributed by atoms with van der Waals surface area (Å²) in [4.78, 5) is 86.0. The lowest BCUT2D eigenvalue weighted by Gasteiger charge is -2.43. The Bertz CT molecular complexity index is 2240. The fourth-order valence-corrected chi connectivity index (χ4v) is 10.2. The molecule has 5 aliphatic heterocycles. The average molecular weight is 885 g/mol. The van der Waals surface area contributed by atoms with Crippen LogP contribution in [0.4, 0.5) is 23.0 Å². The molecule has 4 N–H and O–H groups in total. The number of carbonyl (C=O) groups is 5. The number of nitrogens with one attached hydrogen (secondary N) is 4. The Labute approximate surface area is 371 Å². The summed E-state index contributed by atoms with van der Waals surface area (Å²) in [6, 6.07) is 12.2. The molecule has 0 aliphatic carbocycles. The second-order valence-electron chi connectivity index (χ2n) is 16.7. The molecular formula is C44H54ClN11O5S. The van der Waals surface area contributed by atoms with Crippen LogP contribution in [0.25, 0.3) is 0 Å². The Balaban J connectivity index is 0.753. The molecule has 1 aromatic heterocycles. The molecule has 16 nitrogen and oxygen atoms in total. The van der Waals surface area contributed by atoms with Gasteiger partial charge in [0, 0.05) is 76.6 Å². The molecule has 3 saturated heterocycles. The second kappa shape index (κ2) is 19.1. The van der Waals surface area contributed by atoms with E-state index in [9.17, 15) is 24.0 Å². The van der Waals surface area contributed by atoms with Gasteiger partial charge in [-0.2, -0.15) is 0 Å². The van der Waals surface area contributed by atoms with Gasteiger partial charge in [-0.3, -0.25) is 44.1 Å². The van der Waals surface area contributed by atoms with Crippen LogP contribution >= 0.6 is 23.4 Å². The van der Waals surface area contributed by atoms with Crippen molar-refractivity contribution < 1.29 is 24.0 Å². The van der Waals surface area contributed by atoms with Crippen molar-refractivity contribution in [2.75, 3.05) is 79.8 Å². The van der Waals surface area contributed by atoms with Gasteiger partial charge in [-0.25, -0.2) is 9.97 Å². The van der Waals surface area contributed by atoms with E-state index < -0.39 is 29.7 Å². The van der Waals surface area contributed by atoms with Crippen molar-refractivity contribution in [1.82, 2.24) is 30.0 Å². The van der Waals surface area contributed by atoms with Crippen LogP contribution in [0.3, 0.4) is 0 Å². The zero-order valence-electron chi connectivity index (χ0n) is 35.4. The Kier molecular flexibility index (Phi) is 13.4. The minimum absolute atomic E-state index is 0.0912. The number of hydrogen-bond acceptors (Lipinski definition) is 14. The van der Waals surface area contributed by atoms with Gasteiger partial charge in [-0.05, 0) is 75.3 Å². The number of piperazine rings is 1. The molecular weight excluding hydrogens is 830 g/mol. The summed E-state index contributed by atoms with van der Waals surface area (Å²) in [5.74, 6) is 0.615. The van der Waals surface area contributed by atoms with Gasteiger partial charge in [0.1, 0.15) is 28.8 Å². The number of imide groups is 2. The summed E-state index contributed by atoms with van der Waals surface area (Å²) >= 11 is 7.72. The molecule has 18 heteroatoms. The van der Waals surface area contributed by atoms with Crippen molar-refractivity contribution >= 4 is 81.1 Å². The van der Waals surface area contributed by atoms with Crippen LogP contribution in [-0.2, 0) is 14.4 Å². The standard InChI is InChI=1S/C44H54ClN11O5S/c1-4-28(12-15-46-29-8-9-31-32(22-29)43(61)56(42(31)60)34-10-11-38(57)51-40(34)58)25-53-18-20-54(21-19-53)30-13-16-55(17-14-30)37-23-36(48-27(3)49-37)50-44-47-24-35(62-44)41(59)52-39-26(2)6-5-7-33(39)45/h5-9,22-23,28,30,34-35,46H,4,10-21,24-25H2,1-3H3,(H,52,59)(H,51,57,58)(H,47,48,49,50). The second-order valence-corrected chi connectivity index (χ2v) is 18.3. The Morgan fingerprint density at radius 1 is 0.952 bits per heavy atom. The summed E-state index contributed by atoms with van der Waals surface area (Å²) in [6.07, 6.45) is 4.39. The molecule has 62 heavy (non-hydrogen) atoms. The molecule has 6 heterocycles. The molecule has 3 aromatic rings. The summed E-state index contributed by atoms with van der Waals surface area (Å²) in [5, 5.41) is 12.8. The third kappa shape index (κ3) is 9.75. The Hall–Kier alpha value is -5.10. The van der Waals surface area contributed by atoms with Gasteiger partial charge < -0.3 is 25.8 Å². The van der Waals surface area contributed by atoms with Crippen LogP contribution in [0.1, 0.15) is 77.6 Å². The number of halogens is 1. The van der Waals surface area contributed by atoms with E-state index in [1.54, 1.807) is 18.2 Å². The number of nitrogens with zero attached hydrogens (tertiary/aromatic N) is 7. The van der Waals surface area contributed by atoms with E-state index in [1.165, 1.54) is 11.8 Å². The van der Waals surface area contributed by atoms with Gasteiger partial charge in [0.05, 0.1) is 28.4 Å². The average Bonchev–Trinajstić information content (AvgIpc) is 3.83. The number of rotatable bonds is 13. The van der Waals surface area contributed by atoms with Gasteiger partial charge in [0.2, 0.25) is 17.7 Å². The first-order valence-corrected chi connectivity index (χ1v) is 22.9. The highest BCUT2D eigenvalue weighted by molar-refractivity contribution is 8.15. The summed E-state index contributed by atoms with van der Waals surface area (Å²) in [6.45, 7) is 14.2. The maximum absolute atomic E-state index is 13.3. The van der Waals surface area contributed by atoms with Gasteiger partial charge in [-0.1, -0.05) is 48.8 Å². The molecule has 0 bridgehead atoms. The lowest BCUT2D eigenvalue weighted by molar-refractivity contribution is -0.136. The number of carbonyl (C=O) groups excluding carboxylic acids is 5. The number of amidine groups is 1. The minimum atomic E-state index is -0.974. The van der Waals surface area contributed by atoms with Crippen molar-refractivity contribution in [2.45, 2.75) is 76.6 Å². The highest BCUT2D eigenvalue weighted by atomic mass is 35.5. The molecule has 3 fully saturated rings. The zero-order valence-corrected chi connectivity index (χ0v) is 37.0. The van der Waals surface area contributed by atoms with Crippen LogP contribution < -0.4 is 26.2 Å². The SMILES string of the molecule is CCC(CCNc1ccc2c(c1)C(=O)N(C1CCC(=O)NC1=O)C2=O)CN1CCN(C2CCN(c3cc(NC4=NCC(C(=O)Nc5c(C)cccc5Cl)S4)nc(C)n3)CC2)CC1. The Morgan fingerprint density at radius 2 is 1.73 bits per heavy atom. The van der Waals surface area contributed by atoms with E-state index in [-0.39, 0.29) is 35.1 Å². The van der Waals surface area contributed by atoms with Gasteiger partial charge in [0.25, 0.3) is 11.8 Å². The molecule has 5 aliphatic rings. The Morgan fingerprint density at radius 3 is 2.47 bits per heavy atom. The summed E-state index contributed by atoms with van der Waals surface area (Å²) < 4.78 is 0. The predicted molar refractivity (Wildman–Crippen MR) is 242 cm³/mol. The number of benzene rings is 2. The molecule has 0 radical (unpaired) electrons. The van der Waals surface area contributed by atoms with E-state index in [0.29, 0.717) is 46.0 Å². The highest BCUT2D eigenvalue weighted by Gasteiger charge is 2.44. The first kappa shape index (κ1) is 43.5. The molecule has 3 atom stereocenters. The number of hydrogen-bond donors (Lipinski definition) is 4. The molecule has 328 valence electrons. The number of thioether (sulfide) groups is 1. The topological polar surface area (TPSA) is 185 Å². The number of aliphatic imine (C=N–C) groups is 1. The zero-order chi connectivity index (χ0) is 43.5. The van der Waals surface area contributed by atoms with Crippen LogP contribution in [0.15, 0.2) is 47.5 Å². The largest absolute Gasteiger partial charge is 0.385 e. The number of para-hydroxylation sites is 1. The highest BCUT2D eigenvalue weighted by Crippen LogP contribution is 2.32. The number of aryl methyl sites for hydroxylation is 2. The van der Waals surface area contributed by atoms with Gasteiger partial charge >= 0.3 is 0 Å². The lowest BCUT2D eigenvalue weighted by atomic mass is 10.00. The fourth-order valence-electron chi connectivity index (χ4n) is 9.02. The van der Waals surface area contributed by atoms with Crippen LogP contribution in [0.5, 0.6) is 0 Å². The molecule has 0 saturated carbocycles. The van der Waals surface area contributed by atoms with E-state index in [0.717, 1.165) is 100 Å². The molecule has 5 amide bonds. The van der Waals surface area contributed by atoms with E-state index in [2.05, 4.69) is 52.9 Å². The number of aromatic nitrogens is 2. The predicted octanol–water partition coefficient (Wildman–Crippen LogP) is 4.78. The maximum Gasteiger partial charge on any atom is 0.262 e. The summed E-state index contributed by atoms with van der Waals surface area (Å²) in [5.41, 5.74) is 2.86. The first-order valence-electron chi connectivity index (χ1n) is 21.6. The van der Waals surface area contributed by atoms with E-state index >= 15 is 0 Å². The van der Waals surface area contributed by atoms with Crippen LogP contribution in [-0.4, -0.2) is 136 Å². The van der Waals surface area contributed by atoms with Crippen LogP contribution in [0.2, 0.25) is 5.02 Å². The third-order valence-corrected chi connectivity index (χ3v) is 14.0. The van der Waals surface area contributed by atoms with Crippen molar-refractivity contribution in [3.8, 4) is 0 Å². The van der Waals surface area contributed by atoms with E-state index in [4.69, 9.17) is 16.6 Å². The fraction of sp³-hybridized carbons (Fsp3) is 0.500. The smallest absolute Gasteiger partial charge is 0.262 e. The van der Waals surface area contributed by atoms with Crippen molar-refractivity contribution in [3.63, 3.8) is 0 Å². The molecule has 2 aromatic carbocycles. The maximum atomic E-state index is 13.3. The monoisotopic (exact) mass is 883 g/mol. The van der Waals surface area contributed by atoms with Crippen molar-refractivity contribution in [1.29, 1.82) is 0 Å². The normalized spacial score (nSPS) is 21.8. The van der Waals surface area contributed by atoms with Crippen LogP contribution in [0, 0.1) is 19.8 Å². The minimum Gasteiger partial charge on any atom is -0.385 e. The van der Waals surface area contributed by atoms with Gasteiger partial charge in [-0.15, -0.1) is 0 Å². The number of piperidine rings is 2. The number of anilines is 4. The summed E-state index contributed by atoms with van der Waals surface area (Å²) in [7, 11) is 0. The quantitative estimate of drug-likeness (QED) is 0.172. The number of amides is 5.